The van der Waals surface area contributed by atoms with E-state index in [0.717, 1.165) is 0 Å². The Morgan fingerprint density at radius 3 is 2.32 bits per heavy atom. The number of nitrogens with one attached hydrogen (secondary N) is 1. The lowest BCUT2D eigenvalue weighted by Gasteiger charge is -2.12. The minimum atomic E-state index is -0.676. The summed E-state index contributed by atoms with van der Waals surface area (Å²) < 4.78 is 10.5. The average molecular weight is 332 g/mol. The van der Waals surface area contributed by atoms with E-state index in [1.807, 2.05) is 0 Å². The first-order valence-corrected chi connectivity index (χ1v) is 7.38. The molecule has 1 aliphatic heterocycles. The Morgan fingerprint density at radius 1 is 1.14 bits per heavy atom. The molecule has 0 radical (unpaired) electrons. The van der Waals surface area contributed by atoms with Gasteiger partial charge in [0.05, 0.1) is 37.8 Å². The Kier molecular flexibility index (Phi) is 8.56. The van der Waals surface area contributed by atoms with Gasteiger partial charge in [0.15, 0.2) is 0 Å². The first-order chi connectivity index (χ1) is 10.5. The average Bonchev–Trinajstić information content (AvgIpc) is 2.77. The van der Waals surface area contributed by atoms with Crippen LogP contribution in [-0.4, -0.2) is 60.8 Å². The van der Waals surface area contributed by atoms with Gasteiger partial charge in [-0.15, -0.1) is 5.06 Å². The summed E-state index contributed by atoms with van der Waals surface area (Å²) in [6, 6.07) is 0. The van der Waals surface area contributed by atoms with Gasteiger partial charge in [0.25, 0.3) is 11.8 Å². The molecule has 124 valence electrons. The first kappa shape index (κ1) is 18.5. The molecule has 0 aliphatic carbocycles. The topological polar surface area (TPSA) is 94.2 Å². The zero-order chi connectivity index (χ0) is 16.4. The van der Waals surface area contributed by atoms with E-state index < -0.39 is 17.8 Å². The zero-order valence-corrected chi connectivity index (χ0v) is 13.3. The Morgan fingerprint density at radius 2 is 1.73 bits per heavy atom. The van der Waals surface area contributed by atoms with Crippen LogP contribution in [0, 0.1) is 0 Å². The predicted molar refractivity (Wildman–Crippen MR) is 79.7 cm³/mol. The molecule has 1 fully saturated rings. The van der Waals surface area contributed by atoms with Gasteiger partial charge in [-0.05, 0) is 6.92 Å². The van der Waals surface area contributed by atoms with Crippen LogP contribution in [0.1, 0.15) is 26.2 Å². The number of nitrogens with zero attached hydrogens (tertiary/aromatic N) is 1. The van der Waals surface area contributed by atoms with Crippen molar-refractivity contribution in [2.75, 3.05) is 33.0 Å². The number of hydrogen-bond donors (Lipinski definition) is 1. The van der Waals surface area contributed by atoms with Gasteiger partial charge in [0, 0.05) is 19.4 Å². The molecule has 1 N–H and O–H groups in total. The van der Waals surface area contributed by atoms with Gasteiger partial charge in [-0.2, -0.15) is 0 Å². The lowest BCUT2D eigenvalue weighted by Crippen LogP contribution is -2.32. The van der Waals surface area contributed by atoms with Crippen molar-refractivity contribution in [3.05, 3.63) is 0 Å². The quantitative estimate of drug-likeness (QED) is 0.338. The minimum Gasteiger partial charge on any atom is -0.378 e. The molecule has 1 rings (SSSR count). The van der Waals surface area contributed by atoms with Crippen LogP contribution in [0.15, 0.2) is 0 Å². The summed E-state index contributed by atoms with van der Waals surface area (Å²) in [4.78, 5) is 39.3. The van der Waals surface area contributed by atoms with E-state index in [0.29, 0.717) is 36.4 Å². The minimum absolute atomic E-state index is 0.0390. The van der Waals surface area contributed by atoms with Crippen LogP contribution >= 0.6 is 12.2 Å². The third-order valence-electron chi connectivity index (χ3n) is 2.64. The highest BCUT2D eigenvalue weighted by Gasteiger charge is 2.32. The van der Waals surface area contributed by atoms with E-state index in [9.17, 15) is 14.4 Å². The Hall–Kier alpha value is -1.58. The van der Waals surface area contributed by atoms with Crippen molar-refractivity contribution in [2.24, 2.45) is 0 Å². The van der Waals surface area contributed by atoms with Crippen LogP contribution in [0.3, 0.4) is 0 Å². The lowest BCUT2D eigenvalue weighted by atomic mass is 10.4. The van der Waals surface area contributed by atoms with Crippen molar-refractivity contribution in [1.29, 1.82) is 0 Å². The van der Waals surface area contributed by atoms with Crippen molar-refractivity contribution in [3.63, 3.8) is 0 Å². The fraction of sp³-hybridized carbons (Fsp3) is 0.692. The van der Waals surface area contributed by atoms with E-state index in [-0.39, 0.29) is 25.9 Å². The summed E-state index contributed by atoms with van der Waals surface area (Å²) in [6.07, 6.45) is 0.123. The summed E-state index contributed by atoms with van der Waals surface area (Å²) in [7, 11) is 0. The molecule has 0 aromatic carbocycles. The van der Waals surface area contributed by atoms with Gasteiger partial charge >= 0.3 is 5.97 Å². The van der Waals surface area contributed by atoms with Crippen LogP contribution < -0.4 is 5.32 Å². The Balaban J connectivity index is 1.96. The van der Waals surface area contributed by atoms with Gasteiger partial charge in [0.1, 0.15) is 0 Å². The molecule has 9 heteroatoms. The summed E-state index contributed by atoms with van der Waals surface area (Å²) >= 11 is 4.84. The molecule has 1 saturated heterocycles. The molecule has 2 amide bonds. The van der Waals surface area contributed by atoms with Gasteiger partial charge < -0.3 is 19.6 Å². The summed E-state index contributed by atoms with van der Waals surface area (Å²) in [6.45, 7) is 3.82. The van der Waals surface area contributed by atoms with E-state index >= 15 is 0 Å². The van der Waals surface area contributed by atoms with Gasteiger partial charge in [0.2, 0.25) is 0 Å². The molecule has 0 aromatic rings. The fourth-order valence-corrected chi connectivity index (χ4v) is 1.68. The Bertz CT molecular complexity index is 413. The van der Waals surface area contributed by atoms with Crippen LogP contribution in [0.2, 0.25) is 0 Å². The maximum Gasteiger partial charge on any atom is 0.335 e. The summed E-state index contributed by atoms with van der Waals surface area (Å²) in [5.74, 6) is -1.66. The largest absolute Gasteiger partial charge is 0.378 e. The number of imide groups is 1. The third kappa shape index (κ3) is 7.43. The molecule has 1 heterocycles. The highest BCUT2D eigenvalue weighted by atomic mass is 32.1. The third-order valence-corrected chi connectivity index (χ3v) is 2.79. The molecule has 0 bridgehead atoms. The van der Waals surface area contributed by atoms with Gasteiger partial charge in [-0.3, -0.25) is 9.59 Å². The molecule has 0 saturated carbocycles. The van der Waals surface area contributed by atoms with Crippen molar-refractivity contribution >= 4 is 35.0 Å². The summed E-state index contributed by atoms with van der Waals surface area (Å²) in [5.41, 5.74) is 0. The molecule has 22 heavy (non-hydrogen) atoms. The van der Waals surface area contributed by atoms with Gasteiger partial charge in [-0.1, -0.05) is 12.2 Å². The van der Waals surface area contributed by atoms with Crippen LogP contribution in [0.25, 0.3) is 0 Å². The molecule has 1 aliphatic rings. The number of carbonyl (C=O) groups excluding carboxylic acids is 3. The van der Waals surface area contributed by atoms with E-state index in [2.05, 4.69) is 10.2 Å². The van der Waals surface area contributed by atoms with Crippen LogP contribution in [-0.2, 0) is 28.7 Å². The zero-order valence-electron chi connectivity index (χ0n) is 12.5. The maximum atomic E-state index is 11.4. The molecule has 0 aromatic heterocycles. The fourth-order valence-electron chi connectivity index (χ4n) is 1.58. The predicted octanol–water partition coefficient (Wildman–Crippen LogP) is -0.0462. The number of rotatable bonds is 10. The normalized spacial score (nSPS) is 14.3. The van der Waals surface area contributed by atoms with Crippen molar-refractivity contribution in [2.45, 2.75) is 26.2 Å². The van der Waals surface area contributed by atoms with Gasteiger partial charge in [-0.25, -0.2) is 4.79 Å². The number of amides is 2. The smallest absolute Gasteiger partial charge is 0.335 e. The first-order valence-electron chi connectivity index (χ1n) is 6.97. The van der Waals surface area contributed by atoms with Crippen molar-refractivity contribution in [3.8, 4) is 0 Å². The molecule has 0 unspecified atom stereocenters. The molecule has 8 nitrogen and oxygen atoms in total. The number of hydroxylamine groups is 2. The van der Waals surface area contributed by atoms with E-state index in [4.69, 9.17) is 21.7 Å². The number of carbonyl (C=O) groups is 3. The Labute approximate surface area is 134 Å². The number of thiocarbonyl (C=S) groups is 1. The maximum absolute atomic E-state index is 11.4. The second-order valence-corrected chi connectivity index (χ2v) is 5.12. The van der Waals surface area contributed by atoms with Crippen LogP contribution in [0.4, 0.5) is 0 Å². The number of ether oxygens (including phenoxy) is 2. The van der Waals surface area contributed by atoms with Crippen LogP contribution in [0.5, 0.6) is 0 Å². The standard InChI is InChI=1S/C13H20N2O6S/c1-10(22)14-5-7-20-9-8-19-6-4-13(18)21-15-11(16)2-3-12(15)17/h2-9H2,1H3,(H,14,22). The molecule has 0 atom stereocenters. The van der Waals surface area contributed by atoms with Crippen molar-refractivity contribution < 1.29 is 28.7 Å². The number of hydrogen-bond acceptors (Lipinski definition) is 7. The van der Waals surface area contributed by atoms with E-state index in [1.165, 1.54) is 0 Å². The second-order valence-electron chi connectivity index (χ2n) is 4.50. The molecule has 0 spiro atoms. The SMILES string of the molecule is CC(=S)NCCOCCOCCC(=O)ON1C(=O)CCC1=O. The van der Waals surface area contributed by atoms with Crippen molar-refractivity contribution in [1.82, 2.24) is 10.4 Å². The lowest BCUT2D eigenvalue weighted by molar-refractivity contribution is -0.198. The molecular formula is C13H20N2O6S. The molecular weight excluding hydrogens is 312 g/mol. The second kappa shape index (κ2) is 10.2. The van der Waals surface area contributed by atoms with E-state index in [1.54, 1.807) is 6.92 Å². The monoisotopic (exact) mass is 332 g/mol. The summed E-state index contributed by atoms with van der Waals surface area (Å²) in [5, 5.41) is 3.47. The highest BCUT2D eigenvalue weighted by Crippen LogP contribution is 2.12. The highest BCUT2D eigenvalue weighted by molar-refractivity contribution is 7.80.